The number of carbonyl (C=O) groups excluding carboxylic acids is 1. The summed E-state index contributed by atoms with van der Waals surface area (Å²) < 4.78 is 0. The second-order valence-electron chi connectivity index (χ2n) is 3.90. The molecule has 0 aliphatic rings. The van der Waals surface area contributed by atoms with Crippen LogP contribution in [-0.2, 0) is 0 Å². The van der Waals surface area contributed by atoms with Gasteiger partial charge in [0, 0.05) is 26.0 Å². The Bertz CT molecular complexity index is 382. The third-order valence-electron chi connectivity index (χ3n) is 2.66. The summed E-state index contributed by atoms with van der Waals surface area (Å²) in [6.45, 7) is 4.44. The van der Waals surface area contributed by atoms with E-state index in [1.54, 1.807) is 32.4 Å². The summed E-state index contributed by atoms with van der Waals surface area (Å²) in [5.74, 6) is -0.143. The maximum atomic E-state index is 12.2. The average molecular weight is 237 g/mol. The van der Waals surface area contributed by atoms with E-state index in [9.17, 15) is 4.79 Å². The van der Waals surface area contributed by atoms with Gasteiger partial charge in [0.25, 0.3) is 5.91 Å². The van der Waals surface area contributed by atoms with Crippen LogP contribution in [0.15, 0.2) is 18.5 Å². The molecule has 0 aromatic carbocycles. The van der Waals surface area contributed by atoms with Gasteiger partial charge in [0.2, 0.25) is 0 Å². The summed E-state index contributed by atoms with van der Waals surface area (Å²) in [5, 5.41) is 12.2. The molecule has 94 valence electrons. The van der Waals surface area contributed by atoms with Crippen LogP contribution in [0.3, 0.4) is 0 Å². The first-order valence-electron chi connectivity index (χ1n) is 5.67. The Hall–Kier alpha value is -1.62. The number of carbonyl (C=O) groups is 1. The van der Waals surface area contributed by atoms with Crippen molar-refractivity contribution in [2.75, 3.05) is 25.5 Å². The number of amides is 1. The van der Waals surface area contributed by atoms with E-state index in [4.69, 9.17) is 5.11 Å². The molecule has 1 aromatic rings. The van der Waals surface area contributed by atoms with Crippen molar-refractivity contribution in [1.82, 2.24) is 9.88 Å². The maximum Gasteiger partial charge on any atom is 0.257 e. The molecule has 5 nitrogen and oxygen atoms in total. The van der Waals surface area contributed by atoms with Gasteiger partial charge in [0.15, 0.2) is 0 Å². The lowest BCUT2D eigenvalue weighted by molar-refractivity contribution is 0.0682. The van der Waals surface area contributed by atoms with E-state index in [1.807, 2.05) is 6.92 Å². The van der Waals surface area contributed by atoms with E-state index < -0.39 is 0 Å². The van der Waals surface area contributed by atoms with Gasteiger partial charge in [-0.25, -0.2) is 0 Å². The number of pyridine rings is 1. The summed E-state index contributed by atoms with van der Waals surface area (Å²) in [6, 6.07) is 1.56. The zero-order valence-corrected chi connectivity index (χ0v) is 10.5. The minimum Gasteiger partial charge on any atom is -0.394 e. The van der Waals surface area contributed by atoms with Crippen LogP contribution in [0.25, 0.3) is 0 Å². The smallest absolute Gasteiger partial charge is 0.257 e. The number of aliphatic hydroxyl groups is 1. The summed E-state index contributed by atoms with van der Waals surface area (Å²) >= 11 is 0. The summed E-state index contributed by atoms with van der Waals surface area (Å²) in [5.41, 5.74) is 1.29. The first-order chi connectivity index (χ1) is 8.11. The SMILES string of the molecule is CCNc1ccncc1C(=O)N(C)C(C)CO. The van der Waals surface area contributed by atoms with Crippen molar-refractivity contribution >= 4 is 11.6 Å². The number of nitrogens with one attached hydrogen (secondary N) is 1. The van der Waals surface area contributed by atoms with Crippen molar-refractivity contribution in [3.8, 4) is 0 Å². The molecule has 5 heteroatoms. The van der Waals surface area contributed by atoms with Gasteiger partial charge in [-0.1, -0.05) is 0 Å². The Morgan fingerprint density at radius 1 is 1.65 bits per heavy atom. The fraction of sp³-hybridized carbons (Fsp3) is 0.500. The third kappa shape index (κ3) is 3.17. The second-order valence-corrected chi connectivity index (χ2v) is 3.90. The number of anilines is 1. The van der Waals surface area contributed by atoms with E-state index in [0.29, 0.717) is 5.56 Å². The molecule has 0 aliphatic carbocycles. The number of aliphatic hydroxyl groups excluding tert-OH is 1. The number of likely N-dealkylation sites (N-methyl/N-ethyl adjacent to an activating group) is 1. The van der Waals surface area contributed by atoms with Crippen molar-refractivity contribution in [2.24, 2.45) is 0 Å². The van der Waals surface area contributed by atoms with Crippen LogP contribution in [0.1, 0.15) is 24.2 Å². The number of hydrogen-bond acceptors (Lipinski definition) is 4. The molecule has 1 heterocycles. The van der Waals surface area contributed by atoms with Crippen LogP contribution in [0, 0.1) is 0 Å². The zero-order valence-electron chi connectivity index (χ0n) is 10.5. The van der Waals surface area contributed by atoms with Crippen LogP contribution in [0.2, 0.25) is 0 Å². The van der Waals surface area contributed by atoms with Crippen molar-refractivity contribution in [1.29, 1.82) is 0 Å². The van der Waals surface area contributed by atoms with E-state index in [-0.39, 0.29) is 18.6 Å². The number of aromatic nitrogens is 1. The van der Waals surface area contributed by atoms with Crippen LogP contribution in [0.5, 0.6) is 0 Å². The second kappa shape index (κ2) is 6.20. The number of rotatable bonds is 5. The standard InChI is InChI=1S/C12H19N3O2/c1-4-14-11-5-6-13-7-10(11)12(17)15(3)9(2)8-16/h5-7,9,16H,4,8H2,1-3H3,(H,13,14). The van der Waals surface area contributed by atoms with E-state index >= 15 is 0 Å². The predicted octanol–water partition coefficient (Wildman–Crippen LogP) is 0.966. The van der Waals surface area contributed by atoms with Crippen LogP contribution in [-0.4, -0.2) is 47.1 Å². The molecule has 17 heavy (non-hydrogen) atoms. The average Bonchev–Trinajstić information content (AvgIpc) is 2.37. The lowest BCUT2D eigenvalue weighted by Crippen LogP contribution is -2.37. The number of nitrogens with zero attached hydrogens (tertiary/aromatic N) is 2. The van der Waals surface area contributed by atoms with Gasteiger partial charge in [-0.2, -0.15) is 0 Å². The zero-order chi connectivity index (χ0) is 12.8. The van der Waals surface area contributed by atoms with Gasteiger partial charge in [0.05, 0.1) is 23.9 Å². The highest BCUT2D eigenvalue weighted by molar-refractivity contribution is 5.99. The van der Waals surface area contributed by atoms with E-state index in [0.717, 1.165) is 12.2 Å². The predicted molar refractivity (Wildman–Crippen MR) is 67.0 cm³/mol. The van der Waals surface area contributed by atoms with Gasteiger partial charge in [-0.05, 0) is 19.9 Å². The molecule has 0 bridgehead atoms. The summed E-state index contributed by atoms with van der Waals surface area (Å²) in [7, 11) is 1.67. The molecule has 1 atom stereocenters. The molecular formula is C12H19N3O2. The molecule has 0 spiro atoms. The molecule has 0 saturated carbocycles. The Kier molecular flexibility index (Phi) is 4.90. The van der Waals surface area contributed by atoms with Crippen molar-refractivity contribution < 1.29 is 9.90 Å². The third-order valence-corrected chi connectivity index (χ3v) is 2.66. The molecule has 2 N–H and O–H groups in total. The normalized spacial score (nSPS) is 12.0. The quantitative estimate of drug-likeness (QED) is 0.800. The highest BCUT2D eigenvalue weighted by atomic mass is 16.3. The Labute approximate surface area is 101 Å². The highest BCUT2D eigenvalue weighted by Crippen LogP contribution is 2.16. The van der Waals surface area contributed by atoms with Gasteiger partial charge in [-0.15, -0.1) is 0 Å². The minimum absolute atomic E-state index is 0.0565. The lowest BCUT2D eigenvalue weighted by Gasteiger charge is -2.24. The molecule has 0 aliphatic heterocycles. The molecular weight excluding hydrogens is 218 g/mol. The number of hydrogen-bond donors (Lipinski definition) is 2. The molecule has 1 aromatic heterocycles. The fourth-order valence-electron chi connectivity index (χ4n) is 1.42. The molecule has 0 radical (unpaired) electrons. The Balaban J connectivity index is 2.95. The van der Waals surface area contributed by atoms with Crippen LogP contribution < -0.4 is 5.32 Å². The summed E-state index contributed by atoms with van der Waals surface area (Å²) in [6.07, 6.45) is 3.19. The van der Waals surface area contributed by atoms with Crippen molar-refractivity contribution in [3.63, 3.8) is 0 Å². The fourth-order valence-corrected chi connectivity index (χ4v) is 1.42. The van der Waals surface area contributed by atoms with Crippen LogP contribution >= 0.6 is 0 Å². The van der Waals surface area contributed by atoms with E-state index in [2.05, 4.69) is 10.3 Å². The molecule has 0 saturated heterocycles. The van der Waals surface area contributed by atoms with E-state index in [1.165, 1.54) is 4.90 Å². The minimum atomic E-state index is -0.211. The lowest BCUT2D eigenvalue weighted by atomic mass is 10.2. The Morgan fingerprint density at radius 2 is 2.35 bits per heavy atom. The first kappa shape index (κ1) is 13.4. The van der Waals surface area contributed by atoms with Crippen LogP contribution in [0.4, 0.5) is 5.69 Å². The molecule has 1 amide bonds. The highest BCUT2D eigenvalue weighted by Gasteiger charge is 2.19. The Morgan fingerprint density at radius 3 is 2.94 bits per heavy atom. The largest absolute Gasteiger partial charge is 0.394 e. The van der Waals surface area contributed by atoms with Gasteiger partial charge in [-0.3, -0.25) is 9.78 Å². The maximum absolute atomic E-state index is 12.2. The molecule has 1 unspecified atom stereocenters. The molecule has 0 fully saturated rings. The topological polar surface area (TPSA) is 65.5 Å². The van der Waals surface area contributed by atoms with Crippen molar-refractivity contribution in [2.45, 2.75) is 19.9 Å². The van der Waals surface area contributed by atoms with Gasteiger partial charge >= 0.3 is 0 Å². The first-order valence-corrected chi connectivity index (χ1v) is 5.67. The van der Waals surface area contributed by atoms with Gasteiger partial charge < -0.3 is 15.3 Å². The van der Waals surface area contributed by atoms with Crippen molar-refractivity contribution in [3.05, 3.63) is 24.0 Å². The molecule has 1 rings (SSSR count). The monoisotopic (exact) mass is 237 g/mol. The summed E-state index contributed by atoms with van der Waals surface area (Å²) in [4.78, 5) is 17.7. The van der Waals surface area contributed by atoms with Gasteiger partial charge in [0.1, 0.15) is 0 Å².